The van der Waals surface area contributed by atoms with Crippen LogP contribution in [0.2, 0.25) is 0 Å². The number of aryl methyl sites for hydroxylation is 2. The molecule has 0 aromatic heterocycles. The van der Waals surface area contributed by atoms with E-state index in [4.69, 9.17) is 4.74 Å². The van der Waals surface area contributed by atoms with Crippen molar-refractivity contribution >= 4 is 0 Å². The van der Waals surface area contributed by atoms with E-state index in [0.717, 1.165) is 25.2 Å². The third-order valence-corrected chi connectivity index (χ3v) is 3.47. The Morgan fingerprint density at radius 1 is 1.44 bits per heavy atom. The van der Waals surface area contributed by atoms with E-state index in [9.17, 15) is 5.11 Å². The number of hydrogen-bond acceptors (Lipinski definition) is 3. The van der Waals surface area contributed by atoms with Crippen molar-refractivity contribution in [1.82, 2.24) is 5.32 Å². The first-order valence-corrected chi connectivity index (χ1v) is 6.72. The fourth-order valence-electron chi connectivity index (χ4n) is 2.63. The number of rotatable bonds is 3. The number of nitrogens with one attached hydrogen (secondary N) is 1. The predicted octanol–water partition coefficient (Wildman–Crippen LogP) is 2.49. The van der Waals surface area contributed by atoms with Crippen LogP contribution in [0.25, 0.3) is 0 Å². The summed E-state index contributed by atoms with van der Waals surface area (Å²) in [5, 5.41) is 12.7. The summed E-state index contributed by atoms with van der Waals surface area (Å²) in [6.45, 7) is 7.17. The fourth-order valence-corrected chi connectivity index (χ4v) is 2.63. The maximum absolute atomic E-state index is 9.20. The molecule has 1 aromatic carbocycles. The second-order valence-corrected chi connectivity index (χ2v) is 5.29. The Kier molecular flexibility index (Phi) is 4.25. The monoisotopic (exact) mass is 249 g/mol. The predicted molar refractivity (Wildman–Crippen MR) is 73.1 cm³/mol. The van der Waals surface area contributed by atoms with Crippen LogP contribution >= 0.6 is 0 Å². The molecule has 0 bridgehead atoms. The third kappa shape index (κ3) is 2.85. The molecule has 3 heteroatoms. The molecule has 1 heterocycles. The van der Waals surface area contributed by atoms with Crippen molar-refractivity contribution in [3.63, 3.8) is 0 Å². The van der Waals surface area contributed by atoms with E-state index in [1.807, 2.05) is 6.92 Å². The minimum absolute atomic E-state index is 0.113. The molecule has 2 N–H and O–H groups in total. The molecule has 0 saturated heterocycles. The van der Waals surface area contributed by atoms with Gasteiger partial charge in [-0.05, 0) is 39.2 Å². The average Bonchev–Trinajstić information content (AvgIpc) is 2.52. The summed E-state index contributed by atoms with van der Waals surface area (Å²) in [5.41, 5.74) is 3.71. The fraction of sp³-hybridized carbons (Fsp3) is 0.600. The summed E-state index contributed by atoms with van der Waals surface area (Å²) >= 11 is 0. The molecule has 1 aliphatic rings. The minimum Gasteiger partial charge on any atom is -0.493 e. The van der Waals surface area contributed by atoms with Crippen LogP contribution in [0, 0.1) is 13.8 Å². The second-order valence-electron chi connectivity index (χ2n) is 5.29. The molecule has 2 atom stereocenters. The molecule has 100 valence electrons. The van der Waals surface area contributed by atoms with Crippen molar-refractivity contribution in [3.05, 3.63) is 28.8 Å². The zero-order valence-electron chi connectivity index (χ0n) is 11.5. The average molecular weight is 249 g/mol. The smallest absolute Gasteiger partial charge is 0.126 e. The molecule has 0 saturated carbocycles. The zero-order valence-corrected chi connectivity index (χ0v) is 11.5. The van der Waals surface area contributed by atoms with Gasteiger partial charge in [0.05, 0.1) is 13.2 Å². The van der Waals surface area contributed by atoms with Crippen LogP contribution < -0.4 is 10.1 Å². The molecular formula is C15H23NO2. The zero-order chi connectivity index (χ0) is 13.1. The molecule has 0 aliphatic carbocycles. The molecule has 1 aromatic rings. The summed E-state index contributed by atoms with van der Waals surface area (Å²) in [6, 6.07) is 4.76. The topological polar surface area (TPSA) is 41.5 Å². The number of fused-ring (bicyclic) bond motifs is 1. The summed E-state index contributed by atoms with van der Waals surface area (Å²) in [6.07, 6.45) is 2.10. The van der Waals surface area contributed by atoms with Crippen molar-refractivity contribution < 1.29 is 9.84 Å². The Hall–Kier alpha value is -1.06. The van der Waals surface area contributed by atoms with Crippen molar-refractivity contribution in [1.29, 1.82) is 0 Å². The van der Waals surface area contributed by atoms with Gasteiger partial charge in [0.1, 0.15) is 5.75 Å². The van der Waals surface area contributed by atoms with E-state index in [1.165, 1.54) is 16.7 Å². The van der Waals surface area contributed by atoms with Crippen LogP contribution in [-0.4, -0.2) is 24.4 Å². The van der Waals surface area contributed by atoms with Crippen LogP contribution in [-0.2, 0) is 0 Å². The standard InChI is InChI=1S/C15H23NO2/c1-10-7-11(2)15-13(8-10)14(5-4-6-18-15)16-12(3)9-17/h7-8,12,14,16-17H,4-6,9H2,1-3H3/t12-,14?/m1/s1. The minimum atomic E-state index is 0.113. The lowest BCUT2D eigenvalue weighted by Crippen LogP contribution is -2.33. The van der Waals surface area contributed by atoms with Gasteiger partial charge in [-0.15, -0.1) is 0 Å². The van der Waals surface area contributed by atoms with E-state index < -0.39 is 0 Å². The van der Waals surface area contributed by atoms with Gasteiger partial charge in [0.15, 0.2) is 0 Å². The van der Waals surface area contributed by atoms with Gasteiger partial charge in [0.2, 0.25) is 0 Å². The van der Waals surface area contributed by atoms with Gasteiger partial charge in [0.25, 0.3) is 0 Å². The first-order valence-electron chi connectivity index (χ1n) is 6.72. The largest absolute Gasteiger partial charge is 0.493 e. The van der Waals surface area contributed by atoms with Gasteiger partial charge in [0, 0.05) is 17.6 Å². The van der Waals surface area contributed by atoms with Crippen LogP contribution in [0.1, 0.15) is 42.5 Å². The van der Waals surface area contributed by atoms with Gasteiger partial charge in [-0.25, -0.2) is 0 Å². The number of ether oxygens (including phenoxy) is 1. The molecule has 18 heavy (non-hydrogen) atoms. The maximum Gasteiger partial charge on any atom is 0.126 e. The van der Waals surface area contributed by atoms with Gasteiger partial charge in [-0.1, -0.05) is 17.7 Å². The van der Waals surface area contributed by atoms with Crippen LogP contribution in [0.15, 0.2) is 12.1 Å². The summed E-state index contributed by atoms with van der Waals surface area (Å²) < 4.78 is 5.88. The molecule has 0 radical (unpaired) electrons. The number of benzene rings is 1. The molecule has 1 aliphatic heterocycles. The van der Waals surface area contributed by atoms with Crippen molar-refractivity contribution in [2.45, 2.75) is 45.7 Å². The van der Waals surface area contributed by atoms with E-state index in [1.54, 1.807) is 0 Å². The Morgan fingerprint density at radius 3 is 2.94 bits per heavy atom. The molecule has 0 fully saturated rings. The quantitative estimate of drug-likeness (QED) is 0.864. The summed E-state index contributed by atoms with van der Waals surface area (Å²) in [7, 11) is 0. The van der Waals surface area contributed by atoms with Gasteiger partial charge in [-0.2, -0.15) is 0 Å². The maximum atomic E-state index is 9.20. The van der Waals surface area contributed by atoms with E-state index >= 15 is 0 Å². The van der Waals surface area contributed by atoms with E-state index in [2.05, 4.69) is 31.3 Å². The number of aliphatic hydroxyl groups excluding tert-OH is 1. The molecule has 0 spiro atoms. The third-order valence-electron chi connectivity index (χ3n) is 3.47. The number of aliphatic hydroxyl groups is 1. The Morgan fingerprint density at radius 2 is 2.22 bits per heavy atom. The van der Waals surface area contributed by atoms with Crippen LogP contribution in [0.3, 0.4) is 0 Å². The van der Waals surface area contributed by atoms with Crippen molar-refractivity contribution in [2.24, 2.45) is 0 Å². The van der Waals surface area contributed by atoms with Gasteiger partial charge in [-0.3, -0.25) is 0 Å². The van der Waals surface area contributed by atoms with E-state index in [0.29, 0.717) is 0 Å². The van der Waals surface area contributed by atoms with E-state index in [-0.39, 0.29) is 18.7 Å². The lowest BCUT2D eigenvalue weighted by Gasteiger charge is -2.23. The molecule has 0 amide bonds. The van der Waals surface area contributed by atoms with Crippen molar-refractivity contribution in [2.75, 3.05) is 13.2 Å². The Balaban J connectivity index is 2.34. The summed E-state index contributed by atoms with van der Waals surface area (Å²) in [4.78, 5) is 0. The first kappa shape index (κ1) is 13.4. The van der Waals surface area contributed by atoms with Crippen molar-refractivity contribution in [3.8, 4) is 5.75 Å². The molecular weight excluding hydrogens is 226 g/mol. The lowest BCUT2D eigenvalue weighted by atomic mass is 9.97. The SMILES string of the molecule is Cc1cc(C)c2c(c1)C(N[C@H](C)CO)CCCO2. The molecule has 3 nitrogen and oxygen atoms in total. The van der Waals surface area contributed by atoms with Gasteiger partial charge < -0.3 is 15.2 Å². The van der Waals surface area contributed by atoms with Gasteiger partial charge >= 0.3 is 0 Å². The Labute approximate surface area is 109 Å². The lowest BCUT2D eigenvalue weighted by molar-refractivity contribution is 0.238. The summed E-state index contributed by atoms with van der Waals surface area (Å²) in [5.74, 6) is 1.03. The molecule has 1 unspecified atom stereocenters. The second kappa shape index (κ2) is 5.72. The highest BCUT2D eigenvalue weighted by molar-refractivity contribution is 5.46. The Bertz CT molecular complexity index is 417. The first-order chi connectivity index (χ1) is 8.61. The number of hydrogen-bond donors (Lipinski definition) is 2. The van der Waals surface area contributed by atoms with Crippen LogP contribution in [0.5, 0.6) is 5.75 Å². The van der Waals surface area contributed by atoms with Crippen LogP contribution in [0.4, 0.5) is 0 Å². The highest BCUT2D eigenvalue weighted by Gasteiger charge is 2.22. The highest BCUT2D eigenvalue weighted by Crippen LogP contribution is 2.35. The molecule has 2 rings (SSSR count). The normalized spacial score (nSPS) is 20.8. The highest BCUT2D eigenvalue weighted by atomic mass is 16.5.